The second-order valence-corrected chi connectivity index (χ2v) is 13.6. The van der Waals surface area contributed by atoms with Crippen LogP contribution in [0.3, 0.4) is 0 Å². The molecule has 0 N–H and O–H groups in total. The molecule has 238 valence electrons. The quantitative estimate of drug-likeness (QED) is 0.171. The number of benzene rings is 6. The highest BCUT2D eigenvalue weighted by Gasteiger charge is 2.38. The zero-order valence-corrected chi connectivity index (χ0v) is 27.9. The third-order valence-electron chi connectivity index (χ3n) is 10.9. The van der Waals surface area contributed by atoms with Crippen molar-refractivity contribution in [3.05, 3.63) is 192 Å². The maximum Gasteiger partial charge on any atom is 0.130 e. The highest BCUT2D eigenvalue weighted by atomic mass is 15.2. The third kappa shape index (κ3) is 4.33. The van der Waals surface area contributed by atoms with E-state index in [1.807, 2.05) is 0 Å². The van der Waals surface area contributed by atoms with Gasteiger partial charge in [-0.2, -0.15) is 0 Å². The first kappa shape index (κ1) is 28.8. The fraction of sp³-hybridized carbons (Fsp3) is 0.0851. The number of aliphatic imine (C=N–C) groups is 1. The summed E-state index contributed by atoms with van der Waals surface area (Å²) in [6.07, 6.45) is 8.13. The number of para-hydroxylation sites is 3. The van der Waals surface area contributed by atoms with Gasteiger partial charge in [0.15, 0.2) is 0 Å². The lowest BCUT2D eigenvalue weighted by Crippen LogP contribution is -2.28. The van der Waals surface area contributed by atoms with Gasteiger partial charge in [0.05, 0.1) is 17.1 Å². The number of fused-ring (bicyclic) bond motifs is 9. The van der Waals surface area contributed by atoms with Gasteiger partial charge >= 0.3 is 0 Å². The van der Waals surface area contributed by atoms with Gasteiger partial charge in [-0.15, -0.1) is 0 Å². The molecule has 2 heterocycles. The molecule has 0 bridgehead atoms. The van der Waals surface area contributed by atoms with Crippen LogP contribution in [0.4, 0.5) is 11.4 Å². The number of rotatable bonds is 5. The molecule has 3 heteroatoms. The van der Waals surface area contributed by atoms with Crippen molar-refractivity contribution in [2.24, 2.45) is 4.99 Å². The zero-order chi connectivity index (χ0) is 33.3. The summed E-state index contributed by atoms with van der Waals surface area (Å²) in [6.45, 7) is 6.67. The van der Waals surface area contributed by atoms with Gasteiger partial charge in [0.1, 0.15) is 5.82 Å². The molecule has 50 heavy (non-hydrogen) atoms. The van der Waals surface area contributed by atoms with Crippen molar-refractivity contribution in [2.75, 3.05) is 4.90 Å². The summed E-state index contributed by atoms with van der Waals surface area (Å²) >= 11 is 0. The van der Waals surface area contributed by atoms with Crippen LogP contribution in [0.5, 0.6) is 0 Å². The van der Waals surface area contributed by atoms with Gasteiger partial charge < -0.3 is 4.90 Å². The van der Waals surface area contributed by atoms with Gasteiger partial charge in [-0.05, 0) is 88.7 Å². The number of aromatic nitrogens is 1. The molecule has 0 radical (unpaired) electrons. The molecular formula is C47H35N3. The number of allylic oxidation sites excluding steroid dienone is 2. The Morgan fingerprint density at radius 1 is 0.720 bits per heavy atom. The summed E-state index contributed by atoms with van der Waals surface area (Å²) < 4.78 is 2.22. The minimum Gasteiger partial charge on any atom is -0.333 e. The molecule has 0 saturated carbocycles. The van der Waals surface area contributed by atoms with E-state index < -0.39 is 0 Å². The molecule has 1 aliphatic heterocycles. The fourth-order valence-corrected chi connectivity index (χ4v) is 8.66. The molecule has 3 aliphatic rings. The van der Waals surface area contributed by atoms with E-state index in [1.165, 1.54) is 66.7 Å². The Morgan fingerprint density at radius 2 is 1.48 bits per heavy atom. The standard InChI is InChI=1S/C47H35N3/c1-30(37-20-12-14-35-27-34-13-6-7-17-38(34)47(35)37)48-31(2)49-43-21-10-8-18-39(43)41-28-32(23-25-45(41)49)33-24-26-46-42(29-33)40-19-9-11-22-44(40)50(46)36-15-4-3-5-16-36/h3-26,28-29,42,46H,2,27H2,1H3/b48-30+. The first-order valence-electron chi connectivity index (χ1n) is 17.5. The van der Waals surface area contributed by atoms with Crippen LogP contribution in [0.2, 0.25) is 0 Å². The van der Waals surface area contributed by atoms with Crippen molar-refractivity contribution in [3.63, 3.8) is 0 Å². The predicted octanol–water partition coefficient (Wildman–Crippen LogP) is 11.6. The largest absolute Gasteiger partial charge is 0.333 e. The maximum atomic E-state index is 5.20. The zero-order valence-electron chi connectivity index (χ0n) is 27.9. The van der Waals surface area contributed by atoms with E-state index in [-0.39, 0.29) is 12.0 Å². The average Bonchev–Trinajstić information content (AvgIpc) is 3.82. The van der Waals surface area contributed by atoms with Crippen molar-refractivity contribution >= 4 is 50.3 Å². The lowest BCUT2D eigenvalue weighted by atomic mass is 9.86. The van der Waals surface area contributed by atoms with Crippen molar-refractivity contribution in [3.8, 4) is 11.1 Å². The molecule has 2 unspecified atom stereocenters. The summed E-state index contributed by atoms with van der Waals surface area (Å²) in [5.74, 6) is 0.987. The Labute approximate surface area is 292 Å². The van der Waals surface area contributed by atoms with E-state index in [0.29, 0.717) is 5.82 Å². The van der Waals surface area contributed by atoms with Gasteiger partial charge in [-0.3, -0.25) is 4.57 Å². The SMILES string of the molecule is C=C(/N=C(\C)c1cccc2c1-c1ccccc1C2)n1c2ccccc2c2cc(C3=CC4c5ccccc5N(c5ccccc5)C4C=C3)ccc21. The predicted molar refractivity (Wildman–Crippen MR) is 210 cm³/mol. The molecule has 3 nitrogen and oxygen atoms in total. The summed E-state index contributed by atoms with van der Waals surface area (Å²) in [5, 5.41) is 2.41. The van der Waals surface area contributed by atoms with E-state index in [0.717, 1.165) is 23.2 Å². The lowest BCUT2D eigenvalue weighted by molar-refractivity contribution is 0.747. The summed E-state index contributed by atoms with van der Waals surface area (Å²) in [5.41, 5.74) is 16.1. The van der Waals surface area contributed by atoms with Gasteiger partial charge in [0.2, 0.25) is 0 Å². The highest BCUT2D eigenvalue weighted by Crippen LogP contribution is 2.49. The van der Waals surface area contributed by atoms with Crippen LogP contribution in [0.25, 0.3) is 44.3 Å². The first-order chi connectivity index (χ1) is 24.6. The molecule has 0 saturated heterocycles. The molecule has 0 fully saturated rings. The third-order valence-corrected chi connectivity index (χ3v) is 10.9. The van der Waals surface area contributed by atoms with Gasteiger partial charge in [0.25, 0.3) is 0 Å². The van der Waals surface area contributed by atoms with E-state index in [2.05, 4.69) is 181 Å². The van der Waals surface area contributed by atoms with E-state index >= 15 is 0 Å². The Balaban J connectivity index is 1.04. The second-order valence-electron chi connectivity index (χ2n) is 13.6. The van der Waals surface area contributed by atoms with Crippen molar-refractivity contribution < 1.29 is 0 Å². The summed E-state index contributed by atoms with van der Waals surface area (Å²) in [7, 11) is 0. The van der Waals surface area contributed by atoms with Crippen molar-refractivity contribution in [2.45, 2.75) is 25.3 Å². The van der Waals surface area contributed by atoms with Crippen LogP contribution in [-0.4, -0.2) is 16.3 Å². The molecule has 2 atom stereocenters. The molecule has 2 aliphatic carbocycles. The van der Waals surface area contributed by atoms with E-state index in [9.17, 15) is 0 Å². The highest BCUT2D eigenvalue weighted by molar-refractivity contribution is 6.12. The van der Waals surface area contributed by atoms with Crippen LogP contribution in [0.15, 0.2) is 169 Å². The number of hydrogen-bond donors (Lipinski definition) is 0. The average molecular weight is 642 g/mol. The van der Waals surface area contributed by atoms with Crippen LogP contribution in [0, 0.1) is 0 Å². The second kappa shape index (κ2) is 11.2. The maximum absolute atomic E-state index is 5.20. The van der Waals surface area contributed by atoms with Crippen LogP contribution < -0.4 is 4.90 Å². The summed E-state index contributed by atoms with van der Waals surface area (Å²) in [6, 6.07) is 50.7. The van der Waals surface area contributed by atoms with Crippen LogP contribution >= 0.6 is 0 Å². The summed E-state index contributed by atoms with van der Waals surface area (Å²) in [4.78, 5) is 7.68. The first-order valence-corrected chi connectivity index (χ1v) is 17.5. The van der Waals surface area contributed by atoms with Crippen molar-refractivity contribution in [1.82, 2.24) is 4.57 Å². The Bertz CT molecular complexity index is 2620. The Kier molecular flexibility index (Phi) is 6.44. The monoisotopic (exact) mass is 641 g/mol. The number of hydrogen-bond acceptors (Lipinski definition) is 2. The van der Waals surface area contributed by atoms with Crippen LogP contribution in [0.1, 0.15) is 40.7 Å². The normalized spacial score (nSPS) is 17.4. The number of nitrogens with zero attached hydrogens (tertiary/aromatic N) is 3. The van der Waals surface area contributed by atoms with E-state index in [1.54, 1.807) is 0 Å². The molecule has 0 spiro atoms. The minimum absolute atomic E-state index is 0.243. The van der Waals surface area contributed by atoms with Crippen molar-refractivity contribution in [1.29, 1.82) is 0 Å². The Hall–Kier alpha value is -6.19. The van der Waals surface area contributed by atoms with Gasteiger partial charge in [-0.25, -0.2) is 4.99 Å². The smallest absolute Gasteiger partial charge is 0.130 e. The molecule has 6 aromatic carbocycles. The molecule has 10 rings (SSSR count). The Morgan fingerprint density at radius 3 is 2.40 bits per heavy atom. The van der Waals surface area contributed by atoms with Gasteiger partial charge in [-0.1, -0.05) is 128 Å². The van der Waals surface area contributed by atoms with Crippen LogP contribution in [-0.2, 0) is 6.42 Å². The molecule has 7 aromatic rings. The molecule has 0 amide bonds. The van der Waals surface area contributed by atoms with E-state index in [4.69, 9.17) is 4.99 Å². The molecule has 1 aromatic heterocycles. The van der Waals surface area contributed by atoms with Gasteiger partial charge in [0, 0.05) is 39.3 Å². The lowest BCUT2D eigenvalue weighted by Gasteiger charge is -2.29. The molecular weight excluding hydrogens is 607 g/mol. The topological polar surface area (TPSA) is 20.5 Å². The fourth-order valence-electron chi connectivity index (χ4n) is 8.66. The number of anilines is 2. The minimum atomic E-state index is 0.243.